The second kappa shape index (κ2) is 7.20. The molecule has 1 unspecified atom stereocenters. The van der Waals surface area contributed by atoms with Crippen molar-refractivity contribution in [2.24, 2.45) is 0 Å². The highest BCUT2D eigenvalue weighted by atomic mass is 16.5. The minimum absolute atomic E-state index is 0.146. The molecule has 1 amide bonds. The molecular formula is C19H25N5O4. The Labute approximate surface area is 162 Å². The van der Waals surface area contributed by atoms with Crippen LogP contribution >= 0.6 is 0 Å². The summed E-state index contributed by atoms with van der Waals surface area (Å²) in [5.74, 6) is 1.76. The smallest absolute Gasteiger partial charge is 0.272 e. The van der Waals surface area contributed by atoms with Crippen molar-refractivity contribution in [1.29, 1.82) is 0 Å². The maximum absolute atomic E-state index is 13.0. The first kappa shape index (κ1) is 17.7. The van der Waals surface area contributed by atoms with Crippen LogP contribution in [0.2, 0.25) is 0 Å². The lowest BCUT2D eigenvalue weighted by molar-refractivity contribution is 0.0870. The molecule has 1 saturated carbocycles. The molecule has 1 aliphatic carbocycles. The van der Waals surface area contributed by atoms with Crippen LogP contribution in [0.1, 0.15) is 73.1 Å². The zero-order valence-electron chi connectivity index (χ0n) is 15.9. The number of rotatable bonds is 4. The van der Waals surface area contributed by atoms with Crippen LogP contribution in [0.25, 0.3) is 0 Å². The fourth-order valence-corrected chi connectivity index (χ4v) is 4.37. The van der Waals surface area contributed by atoms with E-state index in [0.29, 0.717) is 43.0 Å². The molecule has 28 heavy (non-hydrogen) atoms. The maximum atomic E-state index is 13.0. The molecule has 0 aromatic carbocycles. The molecular weight excluding hydrogens is 362 g/mol. The van der Waals surface area contributed by atoms with Crippen LogP contribution in [0.15, 0.2) is 10.6 Å². The van der Waals surface area contributed by atoms with E-state index >= 15 is 0 Å². The molecule has 3 aliphatic rings. The maximum Gasteiger partial charge on any atom is 0.272 e. The quantitative estimate of drug-likeness (QED) is 0.802. The van der Waals surface area contributed by atoms with E-state index in [2.05, 4.69) is 15.6 Å². The summed E-state index contributed by atoms with van der Waals surface area (Å²) in [5, 5.41) is 11.9. The molecule has 150 valence electrons. The molecule has 1 N–H and O–H groups in total. The third kappa shape index (κ3) is 3.17. The van der Waals surface area contributed by atoms with Crippen LogP contribution in [0.4, 0.5) is 0 Å². The predicted molar refractivity (Wildman–Crippen MR) is 97.0 cm³/mol. The molecule has 1 atom stereocenters. The van der Waals surface area contributed by atoms with Crippen LogP contribution < -0.4 is 10.1 Å². The molecule has 2 aromatic rings. The van der Waals surface area contributed by atoms with Gasteiger partial charge in [-0.15, -0.1) is 0 Å². The van der Waals surface area contributed by atoms with E-state index in [1.807, 2.05) is 0 Å². The van der Waals surface area contributed by atoms with Crippen LogP contribution in [-0.2, 0) is 16.8 Å². The fourth-order valence-electron chi connectivity index (χ4n) is 4.37. The van der Waals surface area contributed by atoms with Crippen molar-refractivity contribution in [2.45, 2.75) is 62.9 Å². The SMILES string of the molecule is O=C(NC1(c2noc(C3CCOC3)n2)CCCCCC1)c1cc2n(n1)CCO2. The summed E-state index contributed by atoms with van der Waals surface area (Å²) in [7, 11) is 0. The Balaban J connectivity index is 1.42. The Morgan fingerprint density at radius 2 is 2.07 bits per heavy atom. The number of nitrogens with zero attached hydrogens (tertiary/aromatic N) is 4. The minimum atomic E-state index is -0.621. The number of ether oxygens (including phenoxy) is 2. The third-order valence-electron chi connectivity index (χ3n) is 5.99. The first-order valence-corrected chi connectivity index (χ1v) is 10.2. The number of hydrogen-bond donors (Lipinski definition) is 1. The van der Waals surface area contributed by atoms with Crippen LogP contribution in [0, 0.1) is 0 Å². The van der Waals surface area contributed by atoms with Gasteiger partial charge in [-0.05, 0) is 19.3 Å². The van der Waals surface area contributed by atoms with Gasteiger partial charge in [0.05, 0.1) is 19.1 Å². The van der Waals surface area contributed by atoms with Gasteiger partial charge in [-0.3, -0.25) is 4.79 Å². The molecule has 2 fully saturated rings. The van der Waals surface area contributed by atoms with Crippen LogP contribution in [0.3, 0.4) is 0 Å². The molecule has 9 heteroatoms. The van der Waals surface area contributed by atoms with Crippen molar-refractivity contribution >= 4 is 5.91 Å². The Kier molecular flexibility index (Phi) is 4.54. The third-order valence-corrected chi connectivity index (χ3v) is 5.99. The second-order valence-electron chi connectivity index (χ2n) is 7.91. The first-order valence-electron chi connectivity index (χ1n) is 10.2. The number of aromatic nitrogens is 4. The number of amides is 1. The summed E-state index contributed by atoms with van der Waals surface area (Å²) in [6, 6.07) is 1.70. The molecule has 5 rings (SSSR count). The second-order valence-corrected chi connectivity index (χ2v) is 7.91. The summed E-state index contributed by atoms with van der Waals surface area (Å²) in [5.41, 5.74) is -0.254. The van der Waals surface area contributed by atoms with Crippen molar-refractivity contribution in [3.05, 3.63) is 23.5 Å². The summed E-state index contributed by atoms with van der Waals surface area (Å²) in [6.45, 7) is 2.61. The van der Waals surface area contributed by atoms with Gasteiger partial charge >= 0.3 is 0 Å². The topological polar surface area (TPSA) is 104 Å². The summed E-state index contributed by atoms with van der Waals surface area (Å²) in [4.78, 5) is 17.7. The van der Waals surface area contributed by atoms with Gasteiger partial charge in [0.1, 0.15) is 12.1 Å². The van der Waals surface area contributed by atoms with Crippen molar-refractivity contribution in [1.82, 2.24) is 25.2 Å². The fraction of sp³-hybridized carbons (Fsp3) is 0.684. The number of nitrogens with one attached hydrogen (secondary N) is 1. The Hall–Kier alpha value is -2.42. The van der Waals surface area contributed by atoms with Gasteiger partial charge in [-0.1, -0.05) is 30.8 Å². The lowest BCUT2D eigenvalue weighted by Gasteiger charge is -2.30. The molecule has 0 spiro atoms. The number of carbonyl (C=O) groups excluding carboxylic acids is 1. The van der Waals surface area contributed by atoms with Gasteiger partial charge in [0.2, 0.25) is 11.8 Å². The van der Waals surface area contributed by atoms with Crippen LogP contribution in [0.5, 0.6) is 5.88 Å². The highest BCUT2D eigenvalue weighted by Crippen LogP contribution is 2.36. The lowest BCUT2D eigenvalue weighted by atomic mass is 9.89. The van der Waals surface area contributed by atoms with Gasteiger partial charge in [-0.2, -0.15) is 10.1 Å². The molecule has 0 bridgehead atoms. The normalized spacial score (nSPS) is 23.8. The molecule has 9 nitrogen and oxygen atoms in total. The first-order chi connectivity index (χ1) is 13.7. The average Bonchev–Trinajstić information content (AvgIpc) is 3.45. The van der Waals surface area contributed by atoms with Gasteiger partial charge < -0.3 is 19.3 Å². The van der Waals surface area contributed by atoms with E-state index in [9.17, 15) is 4.79 Å². The summed E-state index contributed by atoms with van der Waals surface area (Å²) < 4.78 is 18.2. The zero-order valence-corrected chi connectivity index (χ0v) is 15.9. The summed E-state index contributed by atoms with van der Waals surface area (Å²) in [6.07, 6.45) is 6.79. The van der Waals surface area contributed by atoms with E-state index in [1.165, 1.54) is 0 Å². The molecule has 2 aromatic heterocycles. The molecule has 2 aliphatic heterocycles. The molecule has 4 heterocycles. The van der Waals surface area contributed by atoms with Crippen molar-refractivity contribution in [2.75, 3.05) is 19.8 Å². The Morgan fingerprint density at radius 1 is 1.21 bits per heavy atom. The van der Waals surface area contributed by atoms with E-state index in [0.717, 1.165) is 51.6 Å². The lowest BCUT2D eigenvalue weighted by Crippen LogP contribution is -2.46. The predicted octanol–water partition coefficient (Wildman–Crippen LogP) is 2.14. The van der Waals surface area contributed by atoms with Gasteiger partial charge in [-0.25, -0.2) is 4.68 Å². The van der Waals surface area contributed by atoms with Gasteiger partial charge in [0.25, 0.3) is 5.91 Å². The highest BCUT2D eigenvalue weighted by molar-refractivity contribution is 5.93. The highest BCUT2D eigenvalue weighted by Gasteiger charge is 2.40. The largest absolute Gasteiger partial charge is 0.476 e. The summed E-state index contributed by atoms with van der Waals surface area (Å²) >= 11 is 0. The molecule has 1 saturated heterocycles. The van der Waals surface area contributed by atoms with E-state index < -0.39 is 5.54 Å². The van der Waals surface area contributed by atoms with Crippen molar-refractivity contribution in [3.8, 4) is 5.88 Å². The minimum Gasteiger partial charge on any atom is -0.476 e. The van der Waals surface area contributed by atoms with Gasteiger partial charge in [0, 0.05) is 12.7 Å². The van der Waals surface area contributed by atoms with E-state index in [-0.39, 0.29) is 11.8 Å². The van der Waals surface area contributed by atoms with Crippen molar-refractivity contribution < 1.29 is 18.8 Å². The standard InChI is InChI=1S/C19H25N5O4/c25-16(14-11-15-24(22-14)8-10-27-15)21-19(6-3-1-2-4-7-19)18-20-17(28-23-18)13-5-9-26-12-13/h11,13H,1-10,12H2,(H,21,25). The Bertz CT molecular complexity index is 825. The van der Waals surface area contributed by atoms with E-state index in [4.69, 9.17) is 19.0 Å². The zero-order chi connectivity index (χ0) is 19.0. The monoisotopic (exact) mass is 387 g/mol. The van der Waals surface area contributed by atoms with Gasteiger partial charge in [0.15, 0.2) is 11.5 Å². The number of carbonyl (C=O) groups is 1. The van der Waals surface area contributed by atoms with E-state index in [1.54, 1.807) is 10.7 Å². The molecule has 0 radical (unpaired) electrons. The number of hydrogen-bond acceptors (Lipinski definition) is 7. The Morgan fingerprint density at radius 3 is 2.82 bits per heavy atom. The van der Waals surface area contributed by atoms with Crippen molar-refractivity contribution in [3.63, 3.8) is 0 Å². The number of fused-ring (bicyclic) bond motifs is 1. The van der Waals surface area contributed by atoms with Crippen LogP contribution in [-0.4, -0.2) is 45.6 Å². The average molecular weight is 387 g/mol.